The molecule has 58 heavy (non-hydrogen) atoms. The minimum Gasteiger partial charge on any atom is -0.491 e. The zero-order chi connectivity index (χ0) is 42.0. The lowest BCUT2D eigenvalue weighted by molar-refractivity contribution is -0.138. The number of alkyl halides is 3. The number of nitrogens with one attached hydrogen (secondary N) is 1. The minimum atomic E-state index is -4.86. The fourth-order valence-electron chi connectivity index (χ4n) is 6.52. The van der Waals surface area contributed by atoms with Crippen molar-refractivity contribution in [2.75, 3.05) is 49.4 Å². The maximum absolute atomic E-state index is 13.7. The molecule has 3 heterocycles. The summed E-state index contributed by atoms with van der Waals surface area (Å²) in [4.78, 5) is 52.2. The normalized spacial score (nSPS) is 18.6. The number of amides is 4. The van der Waals surface area contributed by atoms with Crippen LogP contribution in [0.25, 0.3) is 0 Å². The maximum atomic E-state index is 13.7. The topological polar surface area (TPSA) is 202 Å². The lowest BCUT2D eigenvalue weighted by Gasteiger charge is -2.29. The number of hydrogen-bond acceptors (Lipinski definition) is 12. The zero-order valence-electron chi connectivity index (χ0n) is 30.7. The molecule has 306 valence electrons. The summed E-state index contributed by atoms with van der Waals surface area (Å²) in [5, 5.41) is 11.1. The highest BCUT2D eigenvalue weighted by atomic mass is 32.2. The van der Waals surface area contributed by atoms with E-state index >= 15 is 0 Å². The molecule has 0 aliphatic carbocycles. The molecule has 2 saturated heterocycles. The third-order valence-corrected chi connectivity index (χ3v) is 11.6. The molecule has 16 nitrogen and oxygen atoms in total. The van der Waals surface area contributed by atoms with Crippen molar-refractivity contribution >= 4 is 61.4 Å². The van der Waals surface area contributed by atoms with Crippen LogP contribution in [0, 0.1) is 11.3 Å². The summed E-state index contributed by atoms with van der Waals surface area (Å²) in [5.41, 5.74) is -3.11. The number of nitrogens with zero attached hydrogens (tertiary/aromatic N) is 4. The highest BCUT2D eigenvalue weighted by Crippen LogP contribution is 2.40. The first-order valence-electron chi connectivity index (χ1n) is 17.5. The predicted octanol–water partition coefficient (Wildman–Crippen LogP) is 2.95. The van der Waals surface area contributed by atoms with Gasteiger partial charge in [-0.05, 0) is 74.9 Å². The van der Waals surface area contributed by atoms with E-state index in [1.807, 2.05) is 0 Å². The molecule has 3 aliphatic rings. The Morgan fingerprint density at radius 2 is 1.48 bits per heavy atom. The van der Waals surface area contributed by atoms with Crippen LogP contribution < -0.4 is 24.6 Å². The number of carbonyl (C=O) groups is 4. The summed E-state index contributed by atoms with van der Waals surface area (Å²) < 4.78 is 103. The third-order valence-electron chi connectivity index (χ3n) is 9.30. The highest BCUT2D eigenvalue weighted by molar-refractivity contribution is 7.90. The second-order valence-corrected chi connectivity index (χ2v) is 15.7. The summed E-state index contributed by atoms with van der Waals surface area (Å²) in [6.07, 6.45) is -5.08. The average molecular weight is 846 g/mol. The molecule has 4 amide bonds. The van der Waals surface area contributed by atoms with Crippen molar-refractivity contribution in [2.24, 2.45) is 0 Å². The molecule has 0 bridgehead atoms. The minimum absolute atomic E-state index is 0.0464. The molecular formula is C37H34F3N5O11S2. The molecule has 0 aromatic heterocycles. The monoisotopic (exact) mass is 845 g/mol. The molecule has 0 saturated carbocycles. The standard InChI is InChI=1S/C37H34F3N5O11S2/c1-36(2)34(49)43(24-4-3-22(21-41)28(19-24)37(38,39)40)35(57-50)44(36)23-5-7-25(8-6-23)55-17-15-53-13-14-54-16-18-56-26-9-10-27-30(20-26)58(51,52)45(33(27)48)29-11-12-31(46)42-32(29)47/h3-10,19-20,29H,11-18H2,1-2H3,(H,42,46,47). The van der Waals surface area contributed by atoms with E-state index < -0.39 is 62.5 Å². The van der Waals surface area contributed by atoms with E-state index in [0.717, 1.165) is 11.0 Å². The van der Waals surface area contributed by atoms with Gasteiger partial charge in [0.15, 0.2) is 0 Å². The van der Waals surface area contributed by atoms with E-state index in [-0.39, 0.29) is 90.7 Å². The first-order valence-corrected chi connectivity index (χ1v) is 19.7. The van der Waals surface area contributed by atoms with Gasteiger partial charge in [0.25, 0.3) is 27.7 Å². The average Bonchev–Trinajstić information content (AvgIpc) is 3.51. The number of imide groups is 1. The first-order chi connectivity index (χ1) is 27.5. The molecule has 21 heteroatoms. The van der Waals surface area contributed by atoms with Gasteiger partial charge in [0.05, 0.1) is 54.9 Å². The van der Waals surface area contributed by atoms with E-state index in [0.29, 0.717) is 21.8 Å². The Labute approximate surface area is 333 Å². The molecule has 0 radical (unpaired) electrons. The Bertz CT molecular complexity index is 2360. The second-order valence-electron chi connectivity index (χ2n) is 13.4. The number of fused-ring (bicyclic) bond motifs is 1. The van der Waals surface area contributed by atoms with Crippen molar-refractivity contribution in [2.45, 2.75) is 49.3 Å². The van der Waals surface area contributed by atoms with Crippen molar-refractivity contribution in [3.63, 3.8) is 0 Å². The number of carbonyl (C=O) groups excluding carboxylic acids is 4. The van der Waals surface area contributed by atoms with Crippen LogP contribution in [0.2, 0.25) is 0 Å². The van der Waals surface area contributed by atoms with Crippen molar-refractivity contribution in [3.05, 3.63) is 77.4 Å². The van der Waals surface area contributed by atoms with Gasteiger partial charge in [-0.2, -0.15) is 18.4 Å². The number of piperidine rings is 1. The SMILES string of the molecule is CC1(C)C(=O)N(c2ccc(C#N)c(C(F)(F)F)c2)C(=S=O)N1c1ccc(OCCOCCOCCOc2ccc3c(c2)S(=O)(=O)N(C2CCC(=O)NC2=O)C3=O)cc1. The number of nitriles is 1. The molecule has 3 aromatic carbocycles. The number of ether oxygens (including phenoxy) is 4. The van der Waals surface area contributed by atoms with E-state index in [4.69, 9.17) is 24.2 Å². The number of halogens is 3. The van der Waals surface area contributed by atoms with E-state index in [9.17, 15) is 45.0 Å². The van der Waals surface area contributed by atoms with E-state index in [2.05, 4.69) is 5.32 Å². The van der Waals surface area contributed by atoms with Crippen LogP contribution in [0.15, 0.2) is 65.6 Å². The molecule has 1 N–H and O–H groups in total. The number of hydrogen-bond donors (Lipinski definition) is 1. The van der Waals surface area contributed by atoms with Gasteiger partial charge in [-0.3, -0.25) is 29.4 Å². The summed E-state index contributed by atoms with van der Waals surface area (Å²) in [6, 6.07) is 13.3. The van der Waals surface area contributed by atoms with Crippen LogP contribution in [0.5, 0.6) is 11.5 Å². The summed E-state index contributed by atoms with van der Waals surface area (Å²) in [7, 11) is -4.35. The molecule has 6 rings (SSSR count). The van der Waals surface area contributed by atoms with Crippen LogP contribution >= 0.6 is 0 Å². The van der Waals surface area contributed by atoms with Crippen LogP contribution in [-0.2, 0) is 51.3 Å². The number of benzene rings is 3. The molecule has 2 fully saturated rings. The lowest BCUT2D eigenvalue weighted by Crippen LogP contribution is -2.54. The van der Waals surface area contributed by atoms with Gasteiger partial charge in [0.1, 0.15) is 52.4 Å². The summed E-state index contributed by atoms with van der Waals surface area (Å²) in [5.74, 6) is -2.30. The van der Waals surface area contributed by atoms with E-state index in [1.165, 1.54) is 49.1 Å². The van der Waals surface area contributed by atoms with Crippen molar-refractivity contribution in [1.82, 2.24) is 9.62 Å². The molecule has 1 atom stereocenters. The van der Waals surface area contributed by atoms with Crippen LogP contribution in [0.1, 0.15) is 48.2 Å². The Morgan fingerprint density at radius 3 is 2.09 bits per heavy atom. The number of anilines is 2. The Morgan fingerprint density at radius 1 is 0.879 bits per heavy atom. The van der Waals surface area contributed by atoms with Gasteiger partial charge in [-0.25, -0.2) is 16.9 Å². The highest BCUT2D eigenvalue weighted by Gasteiger charge is 2.52. The van der Waals surface area contributed by atoms with Crippen molar-refractivity contribution in [3.8, 4) is 17.6 Å². The number of sulfonamides is 1. The Kier molecular flexibility index (Phi) is 11.9. The maximum Gasteiger partial charge on any atom is 0.417 e. The van der Waals surface area contributed by atoms with Crippen LogP contribution in [0.4, 0.5) is 24.5 Å². The Balaban J connectivity index is 0.930. The summed E-state index contributed by atoms with van der Waals surface area (Å²) >= 11 is -0.0566. The molecule has 3 aliphatic heterocycles. The zero-order valence-corrected chi connectivity index (χ0v) is 32.4. The van der Waals surface area contributed by atoms with Gasteiger partial charge in [-0.1, -0.05) is 0 Å². The fourth-order valence-corrected chi connectivity index (χ4v) is 8.95. The van der Waals surface area contributed by atoms with Crippen molar-refractivity contribution < 1.29 is 63.9 Å². The lowest BCUT2D eigenvalue weighted by atomic mass is 10.0. The quantitative estimate of drug-likeness (QED) is 0.141. The fraction of sp³-hybridized carbons (Fsp3) is 0.351. The first kappa shape index (κ1) is 41.8. The molecular weight excluding hydrogens is 812 g/mol. The molecule has 3 aromatic rings. The van der Waals surface area contributed by atoms with Crippen molar-refractivity contribution in [1.29, 1.82) is 5.26 Å². The molecule has 1 unspecified atom stereocenters. The van der Waals surface area contributed by atoms with E-state index in [1.54, 1.807) is 24.3 Å². The van der Waals surface area contributed by atoms with Crippen LogP contribution in [0.3, 0.4) is 0 Å². The van der Waals surface area contributed by atoms with Gasteiger partial charge in [0, 0.05) is 18.2 Å². The van der Waals surface area contributed by atoms with Gasteiger partial charge in [0.2, 0.25) is 11.0 Å². The predicted molar refractivity (Wildman–Crippen MR) is 198 cm³/mol. The third kappa shape index (κ3) is 8.13. The number of rotatable bonds is 14. The van der Waals surface area contributed by atoms with Gasteiger partial charge in [-0.15, -0.1) is 0 Å². The van der Waals surface area contributed by atoms with Crippen LogP contribution in [-0.4, -0.2) is 96.9 Å². The molecule has 0 spiro atoms. The van der Waals surface area contributed by atoms with Gasteiger partial charge < -0.3 is 23.8 Å². The summed E-state index contributed by atoms with van der Waals surface area (Å²) in [6.45, 7) is 4.00. The largest absolute Gasteiger partial charge is 0.491 e. The second kappa shape index (κ2) is 16.6. The smallest absolute Gasteiger partial charge is 0.417 e. The Hall–Kier alpha value is -5.82. The van der Waals surface area contributed by atoms with Gasteiger partial charge >= 0.3 is 6.18 Å².